The van der Waals surface area contributed by atoms with Gasteiger partial charge in [0.25, 0.3) is 0 Å². The number of hydrogen-bond acceptors (Lipinski definition) is 2. The number of carbonyl (C=O) groups is 2. The Balaban J connectivity index is 1.98. The van der Waals surface area contributed by atoms with E-state index in [9.17, 15) is 9.59 Å². The summed E-state index contributed by atoms with van der Waals surface area (Å²) in [6.07, 6.45) is 1.39. The van der Waals surface area contributed by atoms with Crippen LogP contribution in [0.3, 0.4) is 0 Å². The molecule has 1 saturated heterocycles. The van der Waals surface area contributed by atoms with Gasteiger partial charge in [-0.15, -0.1) is 0 Å². The first kappa shape index (κ1) is 13.4. The fourth-order valence-electron chi connectivity index (χ4n) is 3.12. The maximum Gasteiger partial charge on any atom is 0.238 e. The van der Waals surface area contributed by atoms with Gasteiger partial charge in [0.15, 0.2) is 0 Å². The number of nitrogens with zero attached hydrogens (tertiary/aromatic N) is 1. The zero-order valence-corrected chi connectivity index (χ0v) is 12.3. The minimum atomic E-state index is -0.204. The number of imide groups is 1. The lowest BCUT2D eigenvalue weighted by molar-refractivity contribution is -0.122. The molecule has 3 nitrogen and oxygen atoms in total. The summed E-state index contributed by atoms with van der Waals surface area (Å²) in [6.45, 7) is 4.09. The Kier molecular flexibility index (Phi) is 3.17. The summed E-state index contributed by atoms with van der Waals surface area (Å²) in [4.78, 5) is 26.4. The maximum atomic E-state index is 12.6. The van der Waals surface area contributed by atoms with Gasteiger partial charge < -0.3 is 0 Å². The number of allylic oxidation sites excluding steroid dienone is 2. The van der Waals surface area contributed by atoms with Crippen molar-refractivity contribution in [1.82, 2.24) is 0 Å². The van der Waals surface area contributed by atoms with Gasteiger partial charge in [-0.05, 0) is 44.9 Å². The van der Waals surface area contributed by atoms with E-state index in [1.54, 1.807) is 24.3 Å². The molecule has 0 N–H and O–H groups in total. The number of halogens is 1. The lowest BCUT2D eigenvalue weighted by Crippen LogP contribution is -2.30. The third-order valence-corrected chi connectivity index (χ3v) is 4.64. The summed E-state index contributed by atoms with van der Waals surface area (Å²) < 4.78 is 0. The molecule has 1 aromatic rings. The first-order valence-corrected chi connectivity index (χ1v) is 7.15. The normalized spacial score (nSPS) is 26.2. The fraction of sp³-hybridized carbons (Fsp3) is 0.375. The summed E-state index contributed by atoms with van der Waals surface area (Å²) in [5, 5.41) is 0.531. The second-order valence-electron chi connectivity index (χ2n) is 5.67. The van der Waals surface area contributed by atoms with Crippen molar-refractivity contribution in [3.8, 4) is 0 Å². The quantitative estimate of drug-likeness (QED) is 0.585. The van der Waals surface area contributed by atoms with Gasteiger partial charge in [0.05, 0.1) is 17.5 Å². The van der Waals surface area contributed by atoms with Crippen LogP contribution in [0, 0.1) is 11.8 Å². The molecule has 1 fully saturated rings. The molecule has 2 aliphatic rings. The van der Waals surface area contributed by atoms with Crippen molar-refractivity contribution in [3.63, 3.8) is 0 Å². The van der Waals surface area contributed by atoms with E-state index in [-0.39, 0.29) is 23.7 Å². The van der Waals surface area contributed by atoms with Gasteiger partial charge in [-0.1, -0.05) is 28.8 Å². The third kappa shape index (κ3) is 1.97. The Morgan fingerprint density at radius 2 is 1.60 bits per heavy atom. The van der Waals surface area contributed by atoms with Crippen LogP contribution in [0.4, 0.5) is 5.69 Å². The Morgan fingerprint density at radius 3 is 2.10 bits per heavy atom. The van der Waals surface area contributed by atoms with Crippen LogP contribution in [0.2, 0.25) is 5.02 Å². The minimum absolute atomic E-state index is 0.0888. The number of hydrogen-bond donors (Lipinski definition) is 0. The lowest BCUT2D eigenvalue weighted by Gasteiger charge is -2.23. The van der Waals surface area contributed by atoms with Crippen molar-refractivity contribution in [2.45, 2.75) is 26.7 Å². The van der Waals surface area contributed by atoms with Crippen molar-refractivity contribution in [3.05, 3.63) is 40.4 Å². The van der Waals surface area contributed by atoms with E-state index in [4.69, 9.17) is 11.6 Å². The van der Waals surface area contributed by atoms with Crippen LogP contribution < -0.4 is 4.90 Å². The Hall–Kier alpha value is -1.61. The van der Waals surface area contributed by atoms with Crippen LogP contribution >= 0.6 is 11.6 Å². The summed E-state index contributed by atoms with van der Waals surface area (Å²) in [7, 11) is 0. The molecule has 0 spiro atoms. The first-order valence-electron chi connectivity index (χ1n) is 6.77. The number of benzene rings is 1. The van der Waals surface area contributed by atoms with Crippen LogP contribution in [0.15, 0.2) is 35.4 Å². The van der Waals surface area contributed by atoms with Gasteiger partial charge in [0.2, 0.25) is 11.8 Å². The molecule has 1 aliphatic heterocycles. The minimum Gasteiger partial charge on any atom is -0.274 e. The van der Waals surface area contributed by atoms with Gasteiger partial charge in [-0.2, -0.15) is 0 Å². The molecule has 2 unspecified atom stereocenters. The highest BCUT2D eigenvalue weighted by Crippen LogP contribution is 2.42. The number of anilines is 1. The van der Waals surface area contributed by atoms with Crippen molar-refractivity contribution in [2.75, 3.05) is 4.90 Å². The monoisotopic (exact) mass is 289 g/mol. The average molecular weight is 290 g/mol. The smallest absolute Gasteiger partial charge is 0.238 e. The van der Waals surface area contributed by atoms with E-state index in [1.165, 1.54) is 16.0 Å². The van der Waals surface area contributed by atoms with Crippen LogP contribution in [0.5, 0.6) is 0 Å². The number of carbonyl (C=O) groups excluding carboxylic acids is 2. The Morgan fingerprint density at radius 1 is 1.05 bits per heavy atom. The molecule has 0 bridgehead atoms. The molecule has 1 heterocycles. The van der Waals surface area contributed by atoms with E-state index in [0.717, 1.165) is 0 Å². The number of fused-ring (bicyclic) bond motifs is 1. The highest BCUT2D eigenvalue weighted by Gasteiger charge is 2.49. The molecule has 2 amide bonds. The zero-order valence-electron chi connectivity index (χ0n) is 11.5. The molecular weight excluding hydrogens is 274 g/mol. The van der Waals surface area contributed by atoms with E-state index in [0.29, 0.717) is 23.6 Å². The molecule has 4 heteroatoms. The Bertz CT molecular complexity index is 603. The van der Waals surface area contributed by atoms with Crippen molar-refractivity contribution >= 4 is 29.1 Å². The van der Waals surface area contributed by atoms with Crippen LogP contribution in [-0.4, -0.2) is 11.8 Å². The van der Waals surface area contributed by atoms with Gasteiger partial charge in [-0.25, -0.2) is 4.90 Å². The van der Waals surface area contributed by atoms with E-state index >= 15 is 0 Å². The molecule has 2 atom stereocenters. The molecule has 0 aromatic heterocycles. The molecule has 1 aliphatic carbocycles. The molecule has 0 radical (unpaired) electrons. The highest BCUT2D eigenvalue weighted by molar-refractivity contribution is 6.31. The van der Waals surface area contributed by atoms with Crippen molar-refractivity contribution < 1.29 is 9.59 Å². The van der Waals surface area contributed by atoms with Crippen molar-refractivity contribution in [1.29, 1.82) is 0 Å². The van der Waals surface area contributed by atoms with Gasteiger partial charge in [-0.3, -0.25) is 9.59 Å². The first-order chi connectivity index (χ1) is 9.49. The number of rotatable bonds is 1. The summed E-state index contributed by atoms with van der Waals surface area (Å²) in [5.41, 5.74) is 3.05. The topological polar surface area (TPSA) is 37.4 Å². The molecule has 3 rings (SSSR count). The zero-order chi connectivity index (χ0) is 14.4. The predicted molar refractivity (Wildman–Crippen MR) is 78.5 cm³/mol. The second-order valence-corrected chi connectivity index (χ2v) is 6.11. The summed E-state index contributed by atoms with van der Waals surface area (Å²) in [6, 6.07) is 6.92. The van der Waals surface area contributed by atoms with Crippen LogP contribution in [0.1, 0.15) is 26.7 Å². The summed E-state index contributed by atoms with van der Waals surface area (Å²) >= 11 is 5.96. The Labute approximate surface area is 123 Å². The SMILES string of the molecule is CC1=C(C)CC2C(=O)N(c3cccc(Cl)c3)C(=O)C2C1. The molecule has 104 valence electrons. The average Bonchev–Trinajstić information content (AvgIpc) is 2.63. The molecule has 1 aromatic carbocycles. The van der Waals surface area contributed by atoms with Gasteiger partial charge in [0.1, 0.15) is 0 Å². The molecule has 20 heavy (non-hydrogen) atoms. The third-order valence-electron chi connectivity index (χ3n) is 4.41. The maximum absolute atomic E-state index is 12.6. The lowest BCUT2D eigenvalue weighted by atomic mass is 9.78. The van der Waals surface area contributed by atoms with E-state index in [1.807, 2.05) is 13.8 Å². The molecule has 0 saturated carbocycles. The second kappa shape index (κ2) is 4.74. The highest BCUT2D eigenvalue weighted by atomic mass is 35.5. The largest absolute Gasteiger partial charge is 0.274 e. The van der Waals surface area contributed by atoms with E-state index in [2.05, 4.69) is 0 Å². The predicted octanol–water partition coefficient (Wildman–Crippen LogP) is 3.58. The number of amides is 2. The van der Waals surface area contributed by atoms with Crippen molar-refractivity contribution in [2.24, 2.45) is 11.8 Å². The van der Waals surface area contributed by atoms with E-state index < -0.39 is 0 Å². The summed E-state index contributed by atoms with van der Waals surface area (Å²) in [5.74, 6) is -0.585. The fourth-order valence-corrected chi connectivity index (χ4v) is 3.31. The standard InChI is InChI=1S/C16H16ClNO2/c1-9-6-13-14(7-10(9)2)16(20)18(15(13)19)12-5-3-4-11(17)8-12/h3-5,8,13-14H,6-7H2,1-2H3. The van der Waals surface area contributed by atoms with Gasteiger partial charge in [0, 0.05) is 5.02 Å². The molecular formula is C16H16ClNO2. The van der Waals surface area contributed by atoms with Crippen LogP contribution in [-0.2, 0) is 9.59 Å². The van der Waals surface area contributed by atoms with Gasteiger partial charge >= 0.3 is 0 Å². The van der Waals surface area contributed by atoms with Crippen LogP contribution in [0.25, 0.3) is 0 Å².